The average Bonchev–Trinajstić information content (AvgIpc) is 2.65. The van der Waals surface area contributed by atoms with E-state index in [9.17, 15) is 20.0 Å². The van der Waals surface area contributed by atoms with Gasteiger partial charge in [-0.1, -0.05) is 30.3 Å². The highest BCUT2D eigenvalue weighted by Crippen LogP contribution is 2.36. The molecule has 27 heavy (non-hydrogen) atoms. The quantitative estimate of drug-likeness (QED) is 0.591. The molecule has 1 heterocycles. The molecule has 0 aliphatic carbocycles. The lowest BCUT2D eigenvalue weighted by molar-refractivity contribution is -0.385. The Morgan fingerprint density at radius 3 is 2.59 bits per heavy atom. The summed E-state index contributed by atoms with van der Waals surface area (Å²) in [5.41, 5.74) is 0.461. The third-order valence-electron chi connectivity index (χ3n) is 4.56. The lowest BCUT2D eigenvalue weighted by atomic mass is 10.0. The number of nitro groups is 1. The molecule has 0 unspecified atom stereocenters. The highest BCUT2D eigenvalue weighted by Gasteiger charge is 2.36. The van der Waals surface area contributed by atoms with E-state index in [1.54, 1.807) is 0 Å². The summed E-state index contributed by atoms with van der Waals surface area (Å²) in [4.78, 5) is 25.0. The Bertz CT molecular complexity index is 838. The molecule has 8 heteroatoms. The monoisotopic (exact) mass is 372 g/mol. The average molecular weight is 372 g/mol. The number of carbonyl (C=O) groups is 1. The predicted octanol–water partition coefficient (Wildman–Crippen LogP) is 2.39. The van der Waals surface area contributed by atoms with E-state index in [4.69, 9.17) is 9.47 Å². The summed E-state index contributed by atoms with van der Waals surface area (Å²) in [6.07, 6.45) is 0.672. The molecule has 8 nitrogen and oxygen atoms in total. The summed E-state index contributed by atoms with van der Waals surface area (Å²) in [5, 5.41) is 20.8. The molecule has 0 spiro atoms. The third-order valence-corrected chi connectivity index (χ3v) is 4.56. The number of rotatable bonds is 7. The molecule has 1 aliphatic rings. The summed E-state index contributed by atoms with van der Waals surface area (Å²) in [7, 11) is 1.41. The number of aliphatic hydroxyl groups is 1. The number of carbonyl (C=O) groups excluding carboxylic acids is 1. The van der Waals surface area contributed by atoms with E-state index in [2.05, 4.69) is 0 Å². The van der Waals surface area contributed by atoms with Crippen LogP contribution >= 0.6 is 0 Å². The minimum absolute atomic E-state index is 0.0814. The number of hydrogen-bond donors (Lipinski definition) is 1. The van der Waals surface area contributed by atoms with Gasteiger partial charge in [-0.15, -0.1) is 0 Å². The minimum atomic E-state index is -0.615. The Morgan fingerprint density at radius 2 is 2.04 bits per heavy atom. The van der Waals surface area contributed by atoms with Crippen LogP contribution in [-0.4, -0.2) is 47.1 Å². The summed E-state index contributed by atoms with van der Waals surface area (Å²) in [6.45, 7) is 0.491. The predicted molar refractivity (Wildman–Crippen MR) is 96.9 cm³/mol. The zero-order valence-corrected chi connectivity index (χ0v) is 14.8. The van der Waals surface area contributed by atoms with Crippen LogP contribution in [0, 0.1) is 10.1 Å². The zero-order valence-electron chi connectivity index (χ0n) is 14.8. The van der Waals surface area contributed by atoms with Gasteiger partial charge in [0.2, 0.25) is 0 Å². The van der Waals surface area contributed by atoms with Crippen LogP contribution in [0.3, 0.4) is 0 Å². The van der Waals surface area contributed by atoms with Crippen LogP contribution in [-0.2, 0) is 6.61 Å². The van der Waals surface area contributed by atoms with Crippen molar-refractivity contribution in [3.05, 3.63) is 63.7 Å². The maximum absolute atomic E-state index is 12.7. The molecule has 3 rings (SSSR count). The molecule has 1 amide bonds. The number of nitrogens with zero attached hydrogens (tertiary/aromatic N) is 2. The molecular weight excluding hydrogens is 352 g/mol. The van der Waals surface area contributed by atoms with E-state index < -0.39 is 10.8 Å². The van der Waals surface area contributed by atoms with Gasteiger partial charge in [-0.2, -0.15) is 0 Å². The lowest BCUT2D eigenvalue weighted by Crippen LogP contribution is -2.53. The normalized spacial score (nSPS) is 15.8. The topological polar surface area (TPSA) is 102 Å². The first-order valence-corrected chi connectivity index (χ1v) is 8.50. The summed E-state index contributed by atoms with van der Waals surface area (Å²) in [5.74, 6) is -0.0761. The molecule has 0 saturated carbocycles. The van der Waals surface area contributed by atoms with Crippen molar-refractivity contribution in [2.45, 2.75) is 19.1 Å². The van der Waals surface area contributed by atoms with Gasteiger partial charge in [-0.25, -0.2) is 0 Å². The minimum Gasteiger partial charge on any atom is -0.493 e. The number of ether oxygens (including phenoxy) is 2. The van der Waals surface area contributed by atoms with Crippen molar-refractivity contribution < 1.29 is 24.3 Å². The van der Waals surface area contributed by atoms with Crippen LogP contribution in [0.1, 0.15) is 22.3 Å². The van der Waals surface area contributed by atoms with E-state index in [1.165, 1.54) is 24.1 Å². The fraction of sp³-hybridized carbons (Fsp3) is 0.316. The first kappa shape index (κ1) is 18.7. The summed E-state index contributed by atoms with van der Waals surface area (Å²) < 4.78 is 11.0. The Morgan fingerprint density at radius 1 is 1.30 bits per heavy atom. The van der Waals surface area contributed by atoms with Crippen LogP contribution in [0.25, 0.3) is 0 Å². The van der Waals surface area contributed by atoms with Gasteiger partial charge in [0.05, 0.1) is 30.7 Å². The van der Waals surface area contributed by atoms with E-state index in [0.29, 0.717) is 13.0 Å². The fourth-order valence-electron chi connectivity index (χ4n) is 2.93. The van der Waals surface area contributed by atoms with Crippen LogP contribution in [0.5, 0.6) is 11.5 Å². The highest BCUT2D eigenvalue weighted by molar-refractivity contribution is 5.99. The maximum Gasteiger partial charge on any atom is 0.286 e. The zero-order chi connectivity index (χ0) is 19.4. The second kappa shape index (κ2) is 8.05. The molecule has 1 saturated heterocycles. The number of benzene rings is 2. The first-order chi connectivity index (χ1) is 13.0. The van der Waals surface area contributed by atoms with Crippen molar-refractivity contribution in [2.24, 2.45) is 0 Å². The van der Waals surface area contributed by atoms with Crippen molar-refractivity contribution in [1.29, 1.82) is 0 Å². The lowest BCUT2D eigenvalue weighted by Gasteiger charge is -2.39. The van der Waals surface area contributed by atoms with Crippen LogP contribution in [0.4, 0.5) is 5.69 Å². The van der Waals surface area contributed by atoms with E-state index in [-0.39, 0.29) is 42.0 Å². The Hall–Kier alpha value is -3.13. The molecular formula is C19H20N2O6. The molecule has 142 valence electrons. The maximum atomic E-state index is 12.7. The van der Waals surface area contributed by atoms with E-state index in [1.807, 2.05) is 30.3 Å². The largest absolute Gasteiger partial charge is 0.493 e. The van der Waals surface area contributed by atoms with Gasteiger partial charge < -0.3 is 19.5 Å². The molecule has 1 fully saturated rings. The molecule has 0 aromatic heterocycles. The second-order valence-electron chi connectivity index (χ2n) is 6.18. The Balaban J connectivity index is 1.91. The Kier molecular flexibility index (Phi) is 5.56. The molecule has 2 aromatic carbocycles. The van der Waals surface area contributed by atoms with Crippen LogP contribution in [0.15, 0.2) is 42.5 Å². The molecule has 1 aliphatic heterocycles. The summed E-state index contributed by atoms with van der Waals surface area (Å²) in [6, 6.07) is 11.6. The molecule has 2 aromatic rings. The SMILES string of the molecule is COc1cc(C(=O)N2CC[C@H]2CO)c([N+](=O)[O-])cc1OCc1ccccc1. The highest BCUT2D eigenvalue weighted by atomic mass is 16.6. The number of hydrogen-bond acceptors (Lipinski definition) is 6. The second-order valence-corrected chi connectivity index (χ2v) is 6.18. The first-order valence-electron chi connectivity index (χ1n) is 8.50. The number of methoxy groups -OCH3 is 1. The van der Waals surface area contributed by atoms with Gasteiger partial charge in [0.25, 0.3) is 11.6 Å². The third kappa shape index (κ3) is 3.85. The van der Waals surface area contributed by atoms with Crippen LogP contribution < -0.4 is 9.47 Å². The summed E-state index contributed by atoms with van der Waals surface area (Å²) >= 11 is 0. The van der Waals surface area contributed by atoms with Crippen LogP contribution in [0.2, 0.25) is 0 Å². The van der Waals surface area contributed by atoms with Gasteiger partial charge in [-0.05, 0) is 12.0 Å². The van der Waals surface area contributed by atoms with Crippen molar-refractivity contribution in [1.82, 2.24) is 4.90 Å². The van der Waals surface area contributed by atoms with E-state index in [0.717, 1.165) is 5.56 Å². The molecule has 0 radical (unpaired) electrons. The van der Waals surface area contributed by atoms with Gasteiger partial charge in [0.15, 0.2) is 11.5 Å². The molecule has 0 bridgehead atoms. The van der Waals surface area contributed by atoms with Crippen molar-refractivity contribution >= 4 is 11.6 Å². The number of amides is 1. The smallest absolute Gasteiger partial charge is 0.286 e. The standard InChI is InChI=1S/C19H20N2O6/c1-26-17-9-15(19(23)20-8-7-14(20)11-22)16(21(24)25)10-18(17)27-12-13-5-3-2-4-6-13/h2-6,9-10,14,22H,7-8,11-12H2,1H3/t14-/m0/s1. The number of likely N-dealkylation sites (tertiary alicyclic amines) is 1. The molecule has 1 N–H and O–H groups in total. The number of nitro benzene ring substituents is 1. The molecule has 1 atom stereocenters. The van der Waals surface area contributed by atoms with Gasteiger partial charge in [-0.3, -0.25) is 14.9 Å². The Labute approximate surface area is 156 Å². The number of aliphatic hydroxyl groups excluding tert-OH is 1. The van der Waals surface area contributed by atoms with Crippen molar-refractivity contribution in [2.75, 3.05) is 20.3 Å². The van der Waals surface area contributed by atoms with Crippen molar-refractivity contribution in [3.8, 4) is 11.5 Å². The fourth-order valence-corrected chi connectivity index (χ4v) is 2.93. The van der Waals surface area contributed by atoms with Gasteiger partial charge in [0, 0.05) is 12.6 Å². The van der Waals surface area contributed by atoms with Crippen molar-refractivity contribution in [3.63, 3.8) is 0 Å². The van der Waals surface area contributed by atoms with Gasteiger partial charge in [0.1, 0.15) is 12.2 Å². The van der Waals surface area contributed by atoms with E-state index >= 15 is 0 Å². The van der Waals surface area contributed by atoms with Gasteiger partial charge >= 0.3 is 0 Å².